The van der Waals surface area contributed by atoms with E-state index in [1.165, 1.54) is 17.4 Å². The topological polar surface area (TPSA) is 67.4 Å². The van der Waals surface area contributed by atoms with Gasteiger partial charge in [-0.25, -0.2) is 0 Å². The van der Waals surface area contributed by atoms with E-state index in [2.05, 4.69) is 10.9 Å². The molecule has 1 heterocycles. The number of amides is 2. The molecule has 2 rings (SSSR count). The third-order valence-corrected chi connectivity index (χ3v) is 4.33. The Kier molecular flexibility index (Phi) is 7.78. The summed E-state index contributed by atoms with van der Waals surface area (Å²) in [6.45, 7) is 0.320. The van der Waals surface area contributed by atoms with Crippen molar-refractivity contribution in [2.24, 2.45) is 0 Å². The zero-order valence-electron chi connectivity index (χ0n) is 13.1. The van der Waals surface area contributed by atoms with Crippen molar-refractivity contribution in [2.75, 3.05) is 6.61 Å². The molecule has 1 aromatic carbocycles. The van der Waals surface area contributed by atoms with Crippen molar-refractivity contribution < 1.29 is 14.3 Å². The predicted octanol–water partition coefficient (Wildman–Crippen LogP) is 4.07. The molecule has 0 atom stereocenters. The average molecular weight is 399 g/mol. The lowest BCUT2D eigenvalue weighted by molar-refractivity contribution is -0.126. The highest BCUT2D eigenvalue weighted by Gasteiger charge is 2.05. The van der Waals surface area contributed by atoms with E-state index in [1.807, 2.05) is 17.5 Å². The molecule has 0 saturated heterocycles. The Morgan fingerprint density at radius 1 is 1.20 bits per heavy atom. The van der Waals surface area contributed by atoms with Crippen molar-refractivity contribution in [3.63, 3.8) is 0 Å². The Morgan fingerprint density at radius 3 is 2.76 bits per heavy atom. The fraction of sp³-hybridized carbons (Fsp3) is 0.176. The lowest BCUT2D eigenvalue weighted by Gasteiger charge is -2.08. The van der Waals surface area contributed by atoms with Gasteiger partial charge in [-0.15, -0.1) is 11.3 Å². The van der Waals surface area contributed by atoms with Crippen LogP contribution in [-0.2, 0) is 9.59 Å². The van der Waals surface area contributed by atoms with Crippen LogP contribution in [0.4, 0.5) is 0 Å². The number of carbonyl (C=O) groups excluding carboxylic acids is 2. The Morgan fingerprint density at radius 2 is 2.04 bits per heavy atom. The summed E-state index contributed by atoms with van der Waals surface area (Å²) in [7, 11) is 0. The number of rotatable bonds is 7. The minimum Gasteiger partial charge on any atom is -0.492 e. The number of thiophene rings is 1. The molecule has 5 nitrogen and oxygen atoms in total. The third-order valence-electron chi connectivity index (χ3n) is 2.97. The van der Waals surface area contributed by atoms with Crippen molar-refractivity contribution in [2.45, 2.75) is 12.8 Å². The number of ether oxygens (including phenoxy) is 1. The molecule has 25 heavy (non-hydrogen) atoms. The summed E-state index contributed by atoms with van der Waals surface area (Å²) in [4.78, 5) is 24.2. The first-order valence-corrected chi connectivity index (χ1v) is 9.06. The van der Waals surface area contributed by atoms with Gasteiger partial charge in [0.25, 0.3) is 5.91 Å². The molecule has 0 radical (unpaired) electrons. The van der Waals surface area contributed by atoms with Gasteiger partial charge in [0.05, 0.1) is 11.6 Å². The molecular weight excluding hydrogens is 383 g/mol. The van der Waals surface area contributed by atoms with Crippen LogP contribution in [0.25, 0.3) is 6.08 Å². The van der Waals surface area contributed by atoms with E-state index in [1.54, 1.807) is 24.3 Å². The molecule has 1 aromatic heterocycles. The first-order valence-electron chi connectivity index (χ1n) is 7.43. The lowest BCUT2D eigenvalue weighted by atomic mass is 10.3. The molecule has 0 spiro atoms. The molecule has 0 aliphatic rings. The van der Waals surface area contributed by atoms with E-state index in [4.69, 9.17) is 27.9 Å². The Labute approximate surface area is 159 Å². The maximum absolute atomic E-state index is 11.7. The highest BCUT2D eigenvalue weighted by atomic mass is 35.5. The van der Waals surface area contributed by atoms with E-state index in [0.717, 1.165) is 4.88 Å². The van der Waals surface area contributed by atoms with Gasteiger partial charge in [0.1, 0.15) is 5.75 Å². The zero-order valence-corrected chi connectivity index (χ0v) is 15.5. The van der Waals surface area contributed by atoms with Crippen molar-refractivity contribution in [1.29, 1.82) is 0 Å². The number of hydrazine groups is 1. The van der Waals surface area contributed by atoms with Crippen LogP contribution < -0.4 is 15.6 Å². The van der Waals surface area contributed by atoms with Crippen LogP contribution in [0.2, 0.25) is 10.0 Å². The maximum Gasteiger partial charge on any atom is 0.262 e. The summed E-state index contributed by atoms with van der Waals surface area (Å²) < 4.78 is 5.48. The summed E-state index contributed by atoms with van der Waals surface area (Å²) in [6.07, 6.45) is 3.72. The summed E-state index contributed by atoms with van der Waals surface area (Å²) in [6, 6.07) is 8.72. The van der Waals surface area contributed by atoms with Crippen LogP contribution >= 0.6 is 34.5 Å². The number of hydrogen-bond donors (Lipinski definition) is 2. The lowest BCUT2D eigenvalue weighted by Crippen LogP contribution is -2.40. The quantitative estimate of drug-likeness (QED) is 0.419. The maximum atomic E-state index is 11.7. The number of benzene rings is 1. The zero-order chi connectivity index (χ0) is 18.1. The summed E-state index contributed by atoms with van der Waals surface area (Å²) in [5, 5.41) is 2.86. The molecule has 8 heteroatoms. The Balaban J connectivity index is 1.61. The molecule has 0 aliphatic heterocycles. The van der Waals surface area contributed by atoms with Gasteiger partial charge >= 0.3 is 0 Å². The van der Waals surface area contributed by atoms with Crippen molar-refractivity contribution in [1.82, 2.24) is 10.9 Å². The second-order valence-corrected chi connectivity index (χ2v) is 6.74. The van der Waals surface area contributed by atoms with Gasteiger partial charge in [0.2, 0.25) is 5.91 Å². The molecule has 0 bridgehead atoms. The van der Waals surface area contributed by atoms with Crippen LogP contribution in [0.1, 0.15) is 17.7 Å². The average Bonchev–Trinajstić information content (AvgIpc) is 3.10. The number of hydrogen-bond acceptors (Lipinski definition) is 4. The normalized spacial score (nSPS) is 10.6. The highest BCUT2D eigenvalue weighted by molar-refractivity contribution is 7.10. The molecule has 2 aromatic rings. The van der Waals surface area contributed by atoms with E-state index < -0.39 is 5.91 Å². The van der Waals surface area contributed by atoms with Gasteiger partial charge in [-0.3, -0.25) is 20.4 Å². The van der Waals surface area contributed by atoms with Crippen LogP contribution in [0.5, 0.6) is 5.75 Å². The van der Waals surface area contributed by atoms with Crippen LogP contribution in [0.15, 0.2) is 41.8 Å². The van der Waals surface area contributed by atoms with E-state index in [9.17, 15) is 9.59 Å². The summed E-state index contributed by atoms with van der Waals surface area (Å²) in [5.41, 5.74) is 4.67. The van der Waals surface area contributed by atoms with E-state index in [0.29, 0.717) is 28.8 Å². The van der Waals surface area contributed by atoms with Crippen molar-refractivity contribution in [3.8, 4) is 5.75 Å². The predicted molar refractivity (Wildman–Crippen MR) is 101 cm³/mol. The van der Waals surface area contributed by atoms with Gasteiger partial charge < -0.3 is 4.74 Å². The molecule has 0 unspecified atom stereocenters. The van der Waals surface area contributed by atoms with E-state index >= 15 is 0 Å². The standard InChI is InChI=1S/C17H16Cl2N2O3S/c18-12-5-7-15(14(19)11-12)24-9-1-4-16(22)20-21-17(23)8-6-13-3-2-10-25-13/h2-3,5-8,10-11H,1,4,9H2,(H,20,22)(H,21,23). The van der Waals surface area contributed by atoms with Crippen LogP contribution in [0, 0.1) is 0 Å². The van der Waals surface area contributed by atoms with Crippen LogP contribution in [0.3, 0.4) is 0 Å². The molecule has 2 amide bonds. The van der Waals surface area contributed by atoms with Gasteiger partial charge in [-0.05, 0) is 42.1 Å². The van der Waals surface area contributed by atoms with E-state index in [-0.39, 0.29) is 12.3 Å². The molecule has 132 valence electrons. The smallest absolute Gasteiger partial charge is 0.262 e. The second kappa shape index (κ2) is 10.1. The number of halogens is 2. The molecule has 2 N–H and O–H groups in total. The minimum absolute atomic E-state index is 0.208. The second-order valence-electron chi connectivity index (χ2n) is 4.91. The SMILES string of the molecule is O=C(C=Cc1cccs1)NNC(=O)CCCOc1ccc(Cl)cc1Cl. The first-order chi connectivity index (χ1) is 12.0. The van der Waals surface area contributed by atoms with Gasteiger partial charge in [-0.1, -0.05) is 29.3 Å². The third kappa shape index (κ3) is 7.17. The summed E-state index contributed by atoms with van der Waals surface area (Å²) in [5.74, 6) is -0.187. The van der Waals surface area contributed by atoms with Gasteiger partial charge in [0, 0.05) is 22.4 Å². The fourth-order valence-corrected chi connectivity index (χ4v) is 2.87. The molecule has 0 fully saturated rings. The minimum atomic E-state index is -0.397. The fourth-order valence-electron chi connectivity index (χ4n) is 1.79. The Hall–Kier alpha value is -2.02. The molecule has 0 aliphatic carbocycles. The first kappa shape index (κ1) is 19.3. The van der Waals surface area contributed by atoms with Crippen molar-refractivity contribution in [3.05, 3.63) is 56.7 Å². The molecular formula is C17H16Cl2N2O3S. The Bertz CT molecular complexity index is 748. The largest absolute Gasteiger partial charge is 0.492 e. The van der Waals surface area contributed by atoms with Crippen LogP contribution in [-0.4, -0.2) is 18.4 Å². The molecule has 0 saturated carbocycles. The monoisotopic (exact) mass is 398 g/mol. The highest BCUT2D eigenvalue weighted by Crippen LogP contribution is 2.27. The van der Waals surface area contributed by atoms with Gasteiger partial charge in [0.15, 0.2) is 0 Å². The van der Waals surface area contributed by atoms with Crippen molar-refractivity contribution >= 4 is 52.4 Å². The van der Waals surface area contributed by atoms with Gasteiger partial charge in [-0.2, -0.15) is 0 Å². The number of nitrogens with one attached hydrogen (secondary N) is 2. The number of carbonyl (C=O) groups is 2. The summed E-state index contributed by atoms with van der Waals surface area (Å²) >= 11 is 13.3.